The highest BCUT2D eigenvalue weighted by molar-refractivity contribution is 7.99. The second kappa shape index (κ2) is 11.3. The molecule has 0 spiro atoms. The molecule has 1 N–H and O–H groups in total. The van der Waals surface area contributed by atoms with E-state index in [2.05, 4.69) is 20.7 Å². The van der Waals surface area contributed by atoms with Crippen LogP contribution >= 0.6 is 11.8 Å². The maximum atomic E-state index is 12.5. The number of carbonyl (C=O) groups excluding carboxylic acids is 1. The number of nitrogens with one attached hydrogen (secondary N) is 1. The summed E-state index contributed by atoms with van der Waals surface area (Å²) in [6.07, 6.45) is 0. The van der Waals surface area contributed by atoms with Gasteiger partial charge in [-0.15, -0.1) is 10.2 Å². The lowest BCUT2D eigenvalue weighted by molar-refractivity contribution is -0.118. The summed E-state index contributed by atoms with van der Waals surface area (Å²) in [7, 11) is 3.24. The minimum absolute atomic E-state index is 0.127. The third kappa shape index (κ3) is 5.88. The van der Waals surface area contributed by atoms with Crippen molar-refractivity contribution in [2.75, 3.05) is 20.0 Å². The Morgan fingerprint density at radius 2 is 1.54 bits per heavy atom. The number of benzene rings is 3. The first-order valence-corrected chi connectivity index (χ1v) is 11.8. The number of hydrogen-bond acceptors (Lipinski definition) is 7. The highest BCUT2D eigenvalue weighted by atomic mass is 32.2. The fourth-order valence-electron chi connectivity index (χ4n) is 3.31. The van der Waals surface area contributed by atoms with Gasteiger partial charge in [0, 0.05) is 11.3 Å². The zero-order chi connectivity index (χ0) is 24.6. The third-order valence-corrected chi connectivity index (χ3v) is 6.11. The normalized spacial score (nSPS) is 11.2. The van der Waals surface area contributed by atoms with Crippen molar-refractivity contribution in [3.8, 4) is 28.6 Å². The summed E-state index contributed by atoms with van der Waals surface area (Å²) in [6.45, 7) is 1.83. The second-order valence-electron chi connectivity index (χ2n) is 7.46. The minimum Gasteiger partial charge on any atom is -0.497 e. The molecule has 0 radical (unpaired) electrons. The largest absolute Gasteiger partial charge is 0.497 e. The van der Waals surface area contributed by atoms with E-state index in [9.17, 15) is 4.79 Å². The molecule has 4 rings (SSSR count). The minimum atomic E-state index is -0.242. The standard InChI is InChI=1S/C26H25N5O3S/c1-18(19-9-13-22(33-2)14-10-19)27-28-24(32)17-35-26-30-29-25(20-7-5-4-6-8-20)31(26)21-11-15-23(34-3)16-12-21/h4-16H,17H2,1-3H3,(H,28,32)/b27-18-. The van der Waals surface area contributed by atoms with Gasteiger partial charge >= 0.3 is 0 Å². The van der Waals surface area contributed by atoms with E-state index >= 15 is 0 Å². The average molecular weight is 488 g/mol. The first-order valence-electron chi connectivity index (χ1n) is 10.8. The summed E-state index contributed by atoms with van der Waals surface area (Å²) in [6, 6.07) is 24.9. The van der Waals surface area contributed by atoms with Gasteiger partial charge in [-0.3, -0.25) is 9.36 Å². The molecule has 1 amide bonds. The monoisotopic (exact) mass is 487 g/mol. The van der Waals surface area contributed by atoms with Gasteiger partial charge in [0.2, 0.25) is 0 Å². The quantitative estimate of drug-likeness (QED) is 0.211. The van der Waals surface area contributed by atoms with Gasteiger partial charge in [-0.25, -0.2) is 5.43 Å². The van der Waals surface area contributed by atoms with Crippen LogP contribution in [0, 0.1) is 0 Å². The van der Waals surface area contributed by atoms with Crippen LogP contribution < -0.4 is 14.9 Å². The zero-order valence-corrected chi connectivity index (χ0v) is 20.5. The summed E-state index contributed by atoms with van der Waals surface area (Å²) in [5.74, 6) is 2.09. The van der Waals surface area contributed by atoms with Crippen molar-refractivity contribution in [1.29, 1.82) is 0 Å². The van der Waals surface area contributed by atoms with Gasteiger partial charge in [0.25, 0.3) is 5.91 Å². The SMILES string of the molecule is COc1ccc(/C(C)=N\NC(=O)CSc2nnc(-c3ccccc3)n2-c2ccc(OC)cc2)cc1. The van der Waals surface area contributed by atoms with Gasteiger partial charge < -0.3 is 9.47 Å². The van der Waals surface area contributed by atoms with Gasteiger partial charge in [-0.1, -0.05) is 42.1 Å². The highest BCUT2D eigenvalue weighted by Gasteiger charge is 2.17. The maximum Gasteiger partial charge on any atom is 0.250 e. The molecule has 0 bridgehead atoms. The van der Waals surface area contributed by atoms with Crippen molar-refractivity contribution >= 4 is 23.4 Å². The summed E-state index contributed by atoms with van der Waals surface area (Å²) >= 11 is 1.29. The first-order chi connectivity index (χ1) is 17.1. The molecule has 0 unspecified atom stereocenters. The van der Waals surface area contributed by atoms with Crippen molar-refractivity contribution in [3.63, 3.8) is 0 Å². The average Bonchev–Trinajstić information content (AvgIpc) is 3.35. The number of hydrazone groups is 1. The van der Waals surface area contributed by atoms with Crippen molar-refractivity contribution in [2.24, 2.45) is 5.10 Å². The summed E-state index contributed by atoms with van der Waals surface area (Å²) in [5.41, 5.74) is 5.99. The number of thioether (sulfide) groups is 1. The van der Waals surface area contributed by atoms with Crippen molar-refractivity contribution in [1.82, 2.24) is 20.2 Å². The molecule has 35 heavy (non-hydrogen) atoms. The predicted octanol–water partition coefficient (Wildman–Crippen LogP) is 4.58. The van der Waals surface area contributed by atoms with Gasteiger partial charge in [0.15, 0.2) is 11.0 Å². The Labute approximate surface area is 208 Å². The van der Waals surface area contributed by atoms with Gasteiger partial charge in [0.1, 0.15) is 11.5 Å². The van der Waals surface area contributed by atoms with Crippen LogP contribution in [0.3, 0.4) is 0 Å². The number of hydrogen-bond donors (Lipinski definition) is 1. The van der Waals surface area contributed by atoms with Gasteiger partial charge in [0.05, 0.1) is 25.7 Å². The molecule has 0 atom stereocenters. The van der Waals surface area contributed by atoms with E-state index in [1.165, 1.54) is 11.8 Å². The van der Waals surface area contributed by atoms with Crippen LogP contribution in [0.4, 0.5) is 0 Å². The lowest BCUT2D eigenvalue weighted by Crippen LogP contribution is -2.21. The van der Waals surface area contributed by atoms with E-state index in [1.54, 1.807) is 14.2 Å². The van der Waals surface area contributed by atoms with Crippen molar-refractivity contribution < 1.29 is 14.3 Å². The van der Waals surface area contributed by atoms with Crippen LogP contribution in [0.1, 0.15) is 12.5 Å². The van der Waals surface area contributed by atoms with E-state index < -0.39 is 0 Å². The molecule has 1 heterocycles. The second-order valence-corrected chi connectivity index (χ2v) is 8.40. The van der Waals surface area contributed by atoms with Gasteiger partial charge in [-0.05, 0) is 61.0 Å². The Kier molecular flexibility index (Phi) is 7.79. The molecule has 178 valence electrons. The zero-order valence-electron chi connectivity index (χ0n) is 19.6. The number of nitrogens with zero attached hydrogens (tertiary/aromatic N) is 4. The van der Waals surface area contributed by atoms with E-state index in [0.29, 0.717) is 16.7 Å². The van der Waals surface area contributed by atoms with Crippen molar-refractivity contribution in [3.05, 3.63) is 84.4 Å². The van der Waals surface area contributed by atoms with Crippen LogP contribution in [-0.2, 0) is 4.79 Å². The first kappa shape index (κ1) is 24.0. The lowest BCUT2D eigenvalue weighted by Gasteiger charge is -2.11. The van der Waals surface area contributed by atoms with Crippen LogP contribution in [0.25, 0.3) is 17.1 Å². The number of ether oxygens (including phenoxy) is 2. The number of methoxy groups -OCH3 is 2. The van der Waals surface area contributed by atoms with Crippen LogP contribution in [0.5, 0.6) is 11.5 Å². The Morgan fingerprint density at radius 1 is 0.914 bits per heavy atom. The summed E-state index contributed by atoms with van der Waals surface area (Å²) in [5, 5.41) is 13.6. The molecule has 1 aromatic heterocycles. The number of carbonyl (C=O) groups is 1. The van der Waals surface area contributed by atoms with E-state index in [0.717, 1.165) is 28.3 Å². The fraction of sp³-hybridized carbons (Fsp3) is 0.154. The molecule has 3 aromatic carbocycles. The van der Waals surface area contributed by atoms with Crippen molar-refractivity contribution in [2.45, 2.75) is 12.1 Å². The molecule has 4 aromatic rings. The molecule has 0 saturated carbocycles. The van der Waals surface area contributed by atoms with E-state index in [4.69, 9.17) is 9.47 Å². The lowest BCUT2D eigenvalue weighted by atomic mass is 10.1. The Bertz CT molecular complexity index is 1300. The molecule has 0 saturated heterocycles. The molecule has 8 nitrogen and oxygen atoms in total. The molecule has 9 heteroatoms. The molecular weight excluding hydrogens is 462 g/mol. The number of aromatic nitrogens is 3. The van der Waals surface area contributed by atoms with Crippen LogP contribution in [0.2, 0.25) is 0 Å². The molecule has 0 aliphatic carbocycles. The Balaban J connectivity index is 1.50. The Hall–Kier alpha value is -4.11. The number of amides is 1. The maximum absolute atomic E-state index is 12.5. The summed E-state index contributed by atoms with van der Waals surface area (Å²) < 4.78 is 12.4. The Morgan fingerprint density at radius 3 is 2.17 bits per heavy atom. The van der Waals surface area contributed by atoms with E-state index in [-0.39, 0.29) is 11.7 Å². The topological polar surface area (TPSA) is 90.6 Å². The van der Waals surface area contributed by atoms with E-state index in [1.807, 2.05) is 90.4 Å². The molecule has 0 aliphatic rings. The summed E-state index contributed by atoms with van der Waals surface area (Å²) in [4.78, 5) is 12.5. The van der Waals surface area contributed by atoms with Gasteiger partial charge in [-0.2, -0.15) is 5.10 Å². The smallest absolute Gasteiger partial charge is 0.250 e. The third-order valence-electron chi connectivity index (χ3n) is 5.18. The van der Waals surface area contributed by atoms with Crippen LogP contribution in [0.15, 0.2) is 89.1 Å². The molecule has 0 aliphatic heterocycles. The highest BCUT2D eigenvalue weighted by Crippen LogP contribution is 2.28. The molecule has 0 fully saturated rings. The van der Waals surface area contributed by atoms with Crippen LogP contribution in [-0.4, -0.2) is 46.4 Å². The molecular formula is C26H25N5O3S. The predicted molar refractivity (Wildman–Crippen MR) is 137 cm³/mol. The number of rotatable bonds is 9. The fourth-order valence-corrected chi connectivity index (χ4v) is 4.05.